The Hall–Kier alpha value is -3.09. The summed E-state index contributed by atoms with van der Waals surface area (Å²) in [6.45, 7) is 0. The van der Waals surface area contributed by atoms with Gasteiger partial charge in [0.2, 0.25) is 0 Å². The number of amidine groups is 1. The van der Waals surface area contributed by atoms with Gasteiger partial charge in [0, 0.05) is 5.56 Å². The number of nitrogens with one attached hydrogen (secondary N) is 1. The second-order valence-corrected chi connectivity index (χ2v) is 4.15. The van der Waals surface area contributed by atoms with Crippen LogP contribution in [0, 0.1) is 5.82 Å². The van der Waals surface area contributed by atoms with Gasteiger partial charge in [0.05, 0.1) is 11.3 Å². The number of benzene rings is 2. The fourth-order valence-electron chi connectivity index (χ4n) is 1.75. The summed E-state index contributed by atoms with van der Waals surface area (Å²) in [4.78, 5) is 12.0. The molecule has 0 aliphatic carbocycles. The number of anilines is 1. The fraction of sp³-hybridized carbons (Fsp3) is 0. The topological polar surface area (TPSA) is 108 Å². The maximum atomic E-state index is 13.7. The number of halogens is 1. The first kappa shape index (κ1) is 14.3. The Morgan fingerprint density at radius 1 is 1.19 bits per heavy atom. The van der Waals surface area contributed by atoms with Crippen LogP contribution in [0.5, 0.6) is 5.75 Å². The molecule has 108 valence electrons. The maximum absolute atomic E-state index is 13.7. The zero-order valence-electron chi connectivity index (χ0n) is 10.7. The van der Waals surface area contributed by atoms with Crippen molar-refractivity contribution in [3.63, 3.8) is 0 Å². The van der Waals surface area contributed by atoms with Crippen LogP contribution in [0.15, 0.2) is 47.6 Å². The number of phenolic OH excluding ortho intramolecular Hbond substituents is 1. The van der Waals surface area contributed by atoms with Gasteiger partial charge in [-0.05, 0) is 36.4 Å². The van der Waals surface area contributed by atoms with Gasteiger partial charge in [-0.15, -0.1) is 0 Å². The molecule has 0 fully saturated rings. The van der Waals surface area contributed by atoms with Crippen LogP contribution in [0.25, 0.3) is 0 Å². The number of carbonyl (C=O) groups is 1. The highest BCUT2D eigenvalue weighted by Crippen LogP contribution is 2.20. The van der Waals surface area contributed by atoms with E-state index in [1.807, 2.05) is 0 Å². The molecule has 2 aromatic carbocycles. The zero-order valence-corrected chi connectivity index (χ0v) is 10.7. The van der Waals surface area contributed by atoms with E-state index in [1.54, 1.807) is 0 Å². The Kier molecular flexibility index (Phi) is 4.03. The van der Waals surface area contributed by atoms with Crippen molar-refractivity contribution in [1.29, 1.82) is 0 Å². The first-order valence-electron chi connectivity index (χ1n) is 5.89. The van der Waals surface area contributed by atoms with E-state index in [0.29, 0.717) is 0 Å². The van der Waals surface area contributed by atoms with Crippen LogP contribution in [0.4, 0.5) is 10.1 Å². The molecule has 0 atom stereocenters. The van der Waals surface area contributed by atoms with Crippen LogP contribution in [0.1, 0.15) is 15.9 Å². The van der Waals surface area contributed by atoms with E-state index < -0.39 is 17.6 Å². The summed E-state index contributed by atoms with van der Waals surface area (Å²) in [5, 5.41) is 23.1. The standard InChI is InChI=1S/C14H12FN3O3/c15-10-2-1-3-11(12(10)13(16)18-21)17-14(20)8-4-6-9(19)7-5-8/h1-7,19,21H,(H2,16,18)(H,17,20). The number of phenols is 1. The minimum absolute atomic E-state index is 0.0228. The lowest BCUT2D eigenvalue weighted by molar-refractivity contribution is 0.102. The molecule has 1 amide bonds. The van der Waals surface area contributed by atoms with Gasteiger partial charge in [-0.2, -0.15) is 0 Å². The summed E-state index contributed by atoms with van der Waals surface area (Å²) in [5.74, 6) is -1.68. The fourth-order valence-corrected chi connectivity index (χ4v) is 1.75. The summed E-state index contributed by atoms with van der Waals surface area (Å²) in [6, 6.07) is 9.46. The van der Waals surface area contributed by atoms with Crippen molar-refractivity contribution in [1.82, 2.24) is 0 Å². The van der Waals surface area contributed by atoms with Gasteiger partial charge < -0.3 is 21.4 Å². The molecule has 0 saturated carbocycles. The van der Waals surface area contributed by atoms with Gasteiger partial charge in [-0.25, -0.2) is 4.39 Å². The summed E-state index contributed by atoms with van der Waals surface area (Å²) >= 11 is 0. The largest absolute Gasteiger partial charge is 0.508 e. The molecule has 0 aliphatic rings. The van der Waals surface area contributed by atoms with Gasteiger partial charge >= 0.3 is 0 Å². The molecule has 0 aliphatic heterocycles. The molecule has 0 spiro atoms. The summed E-state index contributed by atoms with van der Waals surface area (Å²) in [6.07, 6.45) is 0. The molecule has 5 N–H and O–H groups in total. The van der Waals surface area contributed by atoms with Crippen molar-refractivity contribution in [2.75, 3.05) is 5.32 Å². The lowest BCUT2D eigenvalue weighted by Gasteiger charge is -2.11. The average Bonchev–Trinajstić information content (AvgIpc) is 2.47. The molecule has 0 bridgehead atoms. The first-order valence-corrected chi connectivity index (χ1v) is 5.89. The van der Waals surface area contributed by atoms with Crippen LogP contribution in [-0.4, -0.2) is 22.1 Å². The zero-order chi connectivity index (χ0) is 15.4. The van der Waals surface area contributed by atoms with E-state index in [0.717, 1.165) is 6.07 Å². The summed E-state index contributed by atoms with van der Waals surface area (Å²) < 4.78 is 13.7. The summed E-state index contributed by atoms with van der Waals surface area (Å²) in [7, 11) is 0. The third-order valence-corrected chi connectivity index (χ3v) is 2.76. The van der Waals surface area contributed by atoms with Crippen molar-refractivity contribution >= 4 is 17.4 Å². The van der Waals surface area contributed by atoms with Crippen LogP contribution in [0.3, 0.4) is 0 Å². The van der Waals surface area contributed by atoms with Crippen molar-refractivity contribution < 1.29 is 19.5 Å². The van der Waals surface area contributed by atoms with Gasteiger partial charge in [0.1, 0.15) is 11.6 Å². The smallest absolute Gasteiger partial charge is 0.255 e. The Morgan fingerprint density at radius 2 is 1.86 bits per heavy atom. The van der Waals surface area contributed by atoms with Crippen molar-refractivity contribution in [3.05, 3.63) is 59.4 Å². The minimum atomic E-state index is -0.728. The van der Waals surface area contributed by atoms with E-state index in [-0.39, 0.29) is 22.6 Å². The number of rotatable bonds is 3. The Labute approximate surface area is 119 Å². The number of hydrogen-bond acceptors (Lipinski definition) is 4. The predicted octanol–water partition coefficient (Wildman–Crippen LogP) is 1.88. The SMILES string of the molecule is N/C(=N/O)c1c(F)cccc1NC(=O)c1ccc(O)cc1. The number of hydrogen-bond donors (Lipinski definition) is 4. The van der Waals surface area contributed by atoms with E-state index in [2.05, 4.69) is 10.5 Å². The molecule has 2 rings (SSSR count). The number of oxime groups is 1. The number of nitrogens with zero attached hydrogens (tertiary/aromatic N) is 1. The minimum Gasteiger partial charge on any atom is -0.508 e. The third-order valence-electron chi connectivity index (χ3n) is 2.76. The second-order valence-electron chi connectivity index (χ2n) is 4.15. The number of carbonyl (C=O) groups excluding carboxylic acids is 1. The van der Waals surface area contributed by atoms with E-state index in [9.17, 15) is 14.3 Å². The predicted molar refractivity (Wildman–Crippen MR) is 75.0 cm³/mol. The average molecular weight is 289 g/mol. The van der Waals surface area contributed by atoms with E-state index >= 15 is 0 Å². The first-order chi connectivity index (χ1) is 10.0. The summed E-state index contributed by atoms with van der Waals surface area (Å²) in [5.41, 5.74) is 5.54. The molecule has 2 aromatic rings. The lowest BCUT2D eigenvalue weighted by atomic mass is 10.1. The molecule has 7 heteroatoms. The molecule has 0 heterocycles. The van der Waals surface area contributed by atoms with Gasteiger partial charge in [-0.3, -0.25) is 4.79 Å². The highest BCUT2D eigenvalue weighted by atomic mass is 19.1. The van der Waals surface area contributed by atoms with Crippen molar-refractivity contribution in [2.24, 2.45) is 10.9 Å². The van der Waals surface area contributed by atoms with Crippen LogP contribution < -0.4 is 11.1 Å². The molecular weight excluding hydrogens is 277 g/mol. The highest BCUT2D eigenvalue weighted by molar-refractivity contribution is 6.09. The normalized spacial score (nSPS) is 11.2. The molecule has 0 radical (unpaired) electrons. The van der Waals surface area contributed by atoms with Gasteiger partial charge in [0.15, 0.2) is 5.84 Å². The van der Waals surface area contributed by atoms with Crippen LogP contribution in [-0.2, 0) is 0 Å². The molecular formula is C14H12FN3O3. The monoisotopic (exact) mass is 289 g/mol. The number of aromatic hydroxyl groups is 1. The van der Waals surface area contributed by atoms with Crippen molar-refractivity contribution in [2.45, 2.75) is 0 Å². The molecule has 21 heavy (non-hydrogen) atoms. The molecule has 0 aromatic heterocycles. The van der Waals surface area contributed by atoms with Gasteiger partial charge in [0.25, 0.3) is 5.91 Å². The molecule has 0 unspecified atom stereocenters. The Morgan fingerprint density at radius 3 is 2.48 bits per heavy atom. The van der Waals surface area contributed by atoms with E-state index in [4.69, 9.17) is 10.9 Å². The Bertz CT molecular complexity index is 699. The highest BCUT2D eigenvalue weighted by Gasteiger charge is 2.15. The van der Waals surface area contributed by atoms with Gasteiger partial charge in [-0.1, -0.05) is 11.2 Å². The number of nitrogens with two attached hydrogens (primary N) is 1. The number of amides is 1. The Balaban J connectivity index is 2.33. The molecule has 0 saturated heterocycles. The maximum Gasteiger partial charge on any atom is 0.255 e. The third kappa shape index (κ3) is 3.08. The molecule has 6 nitrogen and oxygen atoms in total. The van der Waals surface area contributed by atoms with Crippen LogP contribution in [0.2, 0.25) is 0 Å². The van der Waals surface area contributed by atoms with Crippen molar-refractivity contribution in [3.8, 4) is 5.75 Å². The quantitative estimate of drug-likeness (QED) is 0.299. The van der Waals surface area contributed by atoms with Crippen LogP contribution >= 0.6 is 0 Å². The lowest BCUT2D eigenvalue weighted by Crippen LogP contribution is -2.20. The van der Waals surface area contributed by atoms with E-state index in [1.165, 1.54) is 36.4 Å². The second kappa shape index (κ2) is 5.91.